The van der Waals surface area contributed by atoms with Crippen LogP contribution in [-0.4, -0.2) is 46.6 Å². The normalized spacial score (nSPS) is 22.7. The zero-order valence-corrected chi connectivity index (χ0v) is 12.8. The topological polar surface area (TPSA) is 65.5 Å². The Morgan fingerprint density at radius 3 is 2.90 bits per heavy atom. The van der Waals surface area contributed by atoms with E-state index >= 15 is 0 Å². The highest BCUT2D eigenvalue weighted by Crippen LogP contribution is 2.31. The molecule has 1 aromatic rings. The van der Waals surface area contributed by atoms with E-state index in [4.69, 9.17) is 0 Å². The monoisotopic (exact) mass is 291 g/mol. The van der Waals surface area contributed by atoms with Crippen LogP contribution in [0.3, 0.4) is 0 Å². The maximum atomic E-state index is 12.1. The number of aromatic nitrogens is 1. The summed E-state index contributed by atoms with van der Waals surface area (Å²) in [7, 11) is 1.93. The Morgan fingerprint density at radius 2 is 2.33 bits per heavy atom. The molecule has 5 heteroatoms. The van der Waals surface area contributed by atoms with Crippen LogP contribution in [0.1, 0.15) is 31.7 Å². The highest BCUT2D eigenvalue weighted by atomic mass is 16.3. The van der Waals surface area contributed by atoms with Crippen LogP contribution >= 0.6 is 0 Å². The van der Waals surface area contributed by atoms with E-state index in [2.05, 4.69) is 17.2 Å². The van der Waals surface area contributed by atoms with E-state index in [1.54, 1.807) is 6.20 Å². The van der Waals surface area contributed by atoms with Crippen molar-refractivity contribution in [1.82, 2.24) is 15.2 Å². The first-order valence-corrected chi connectivity index (χ1v) is 7.63. The van der Waals surface area contributed by atoms with E-state index in [-0.39, 0.29) is 18.1 Å². The average molecular weight is 291 g/mol. The van der Waals surface area contributed by atoms with E-state index in [0.717, 1.165) is 24.8 Å². The molecule has 21 heavy (non-hydrogen) atoms. The number of pyridine rings is 1. The minimum absolute atomic E-state index is 0.0506. The first-order valence-electron chi connectivity index (χ1n) is 7.63. The summed E-state index contributed by atoms with van der Waals surface area (Å²) in [6.45, 7) is 3.16. The van der Waals surface area contributed by atoms with Crippen LogP contribution in [0.25, 0.3) is 0 Å². The lowest BCUT2D eigenvalue weighted by Gasteiger charge is -2.37. The van der Waals surface area contributed by atoms with Crippen molar-refractivity contribution in [3.63, 3.8) is 0 Å². The van der Waals surface area contributed by atoms with E-state index in [1.165, 1.54) is 0 Å². The maximum absolute atomic E-state index is 12.1. The number of nitrogens with zero attached hydrogens (tertiary/aromatic N) is 2. The Balaban J connectivity index is 1.75. The van der Waals surface area contributed by atoms with Crippen molar-refractivity contribution in [2.45, 2.75) is 44.9 Å². The molecule has 0 bridgehead atoms. The van der Waals surface area contributed by atoms with Gasteiger partial charge in [0.1, 0.15) is 0 Å². The summed E-state index contributed by atoms with van der Waals surface area (Å²) < 4.78 is 0. The third kappa shape index (κ3) is 4.79. The predicted octanol–water partition coefficient (Wildman–Crippen LogP) is 1.18. The minimum Gasteiger partial charge on any atom is -0.393 e. The molecule has 116 valence electrons. The van der Waals surface area contributed by atoms with Gasteiger partial charge in [-0.1, -0.05) is 13.0 Å². The number of carbonyl (C=O) groups excluding carboxylic acids is 1. The summed E-state index contributed by atoms with van der Waals surface area (Å²) in [5, 5.41) is 12.5. The summed E-state index contributed by atoms with van der Waals surface area (Å²) in [5.41, 5.74) is 1.10. The number of carbonyl (C=O) groups is 1. The van der Waals surface area contributed by atoms with Gasteiger partial charge in [-0.2, -0.15) is 0 Å². The Bertz CT molecular complexity index is 446. The first kappa shape index (κ1) is 15.9. The van der Waals surface area contributed by atoms with E-state index in [0.29, 0.717) is 19.0 Å². The molecule has 5 nitrogen and oxygen atoms in total. The van der Waals surface area contributed by atoms with Crippen LogP contribution in [-0.2, 0) is 11.3 Å². The van der Waals surface area contributed by atoms with Gasteiger partial charge >= 0.3 is 0 Å². The Hall–Kier alpha value is -1.46. The molecule has 0 spiro atoms. The number of aliphatic hydroxyl groups excluding tert-OH is 1. The number of amides is 1. The summed E-state index contributed by atoms with van der Waals surface area (Å²) in [6, 6.07) is 4.09. The van der Waals surface area contributed by atoms with Gasteiger partial charge in [0.05, 0.1) is 12.6 Å². The van der Waals surface area contributed by atoms with Crippen molar-refractivity contribution in [2.24, 2.45) is 5.92 Å². The summed E-state index contributed by atoms with van der Waals surface area (Å²) in [6.07, 6.45) is 5.92. The fraction of sp³-hybridized carbons (Fsp3) is 0.625. The van der Waals surface area contributed by atoms with Gasteiger partial charge in [-0.15, -0.1) is 0 Å². The molecule has 1 atom stereocenters. The molecular formula is C16H25N3O2. The van der Waals surface area contributed by atoms with Gasteiger partial charge in [-0.25, -0.2) is 0 Å². The highest BCUT2D eigenvalue weighted by molar-refractivity contribution is 5.78. The molecule has 0 aliphatic heterocycles. The van der Waals surface area contributed by atoms with E-state index < -0.39 is 0 Å². The molecule has 0 radical (unpaired) electrons. The quantitative estimate of drug-likeness (QED) is 0.792. The van der Waals surface area contributed by atoms with Crippen molar-refractivity contribution in [3.05, 3.63) is 30.1 Å². The van der Waals surface area contributed by atoms with Crippen molar-refractivity contribution < 1.29 is 9.90 Å². The molecule has 1 aromatic heterocycles. The van der Waals surface area contributed by atoms with Crippen LogP contribution < -0.4 is 5.32 Å². The van der Waals surface area contributed by atoms with Crippen LogP contribution in [0.15, 0.2) is 24.5 Å². The molecule has 0 unspecified atom stereocenters. The van der Waals surface area contributed by atoms with Gasteiger partial charge in [-0.3, -0.25) is 14.7 Å². The van der Waals surface area contributed by atoms with Gasteiger partial charge in [0, 0.05) is 25.0 Å². The first-order chi connectivity index (χ1) is 10.1. The van der Waals surface area contributed by atoms with Gasteiger partial charge in [0.2, 0.25) is 5.91 Å². The Kier molecular flexibility index (Phi) is 5.70. The smallest absolute Gasteiger partial charge is 0.234 e. The molecule has 1 amide bonds. The fourth-order valence-corrected chi connectivity index (χ4v) is 2.87. The van der Waals surface area contributed by atoms with Crippen LogP contribution in [0.4, 0.5) is 0 Å². The van der Waals surface area contributed by atoms with E-state index in [9.17, 15) is 9.90 Å². The predicted molar refractivity (Wildman–Crippen MR) is 81.5 cm³/mol. The van der Waals surface area contributed by atoms with Crippen LogP contribution in [0, 0.1) is 5.92 Å². The second-order valence-corrected chi connectivity index (χ2v) is 6.00. The third-order valence-corrected chi connectivity index (χ3v) is 4.09. The second kappa shape index (κ2) is 7.52. The van der Waals surface area contributed by atoms with Crippen molar-refractivity contribution in [1.29, 1.82) is 0 Å². The fourth-order valence-electron chi connectivity index (χ4n) is 2.87. The molecule has 1 aliphatic carbocycles. The molecule has 0 saturated heterocycles. The number of likely N-dealkylation sites (N-methyl/N-ethyl adjacent to an activating group) is 1. The largest absolute Gasteiger partial charge is 0.393 e. The van der Waals surface area contributed by atoms with E-state index in [1.807, 2.05) is 30.3 Å². The van der Waals surface area contributed by atoms with Crippen LogP contribution in [0.2, 0.25) is 0 Å². The van der Waals surface area contributed by atoms with Crippen molar-refractivity contribution in [2.75, 3.05) is 13.6 Å². The Labute approximate surface area is 126 Å². The average Bonchev–Trinajstić information content (AvgIpc) is 2.42. The van der Waals surface area contributed by atoms with Crippen molar-refractivity contribution >= 4 is 5.91 Å². The van der Waals surface area contributed by atoms with Gasteiger partial charge < -0.3 is 10.4 Å². The number of aliphatic hydroxyl groups is 1. The standard InChI is InChI=1S/C16H25N3O2/c1-3-15(13-7-14(20)8-13)18-16(21)11-19(2)10-12-5-4-6-17-9-12/h4-6,9,13-15,20H,3,7-8,10-11H2,1-2H3,(H,18,21)/t13?,14?,15-/m0/s1. The lowest BCUT2D eigenvalue weighted by molar-refractivity contribution is -0.124. The minimum atomic E-state index is -0.172. The van der Waals surface area contributed by atoms with Crippen LogP contribution in [0.5, 0.6) is 0 Å². The molecule has 0 aromatic carbocycles. The lowest BCUT2D eigenvalue weighted by atomic mass is 9.76. The molecule has 1 heterocycles. The molecule has 1 saturated carbocycles. The zero-order chi connectivity index (χ0) is 15.2. The van der Waals surface area contributed by atoms with Gasteiger partial charge in [0.25, 0.3) is 0 Å². The summed E-state index contributed by atoms with van der Waals surface area (Å²) in [5.74, 6) is 0.479. The van der Waals surface area contributed by atoms with Crippen molar-refractivity contribution in [3.8, 4) is 0 Å². The van der Waals surface area contributed by atoms with Gasteiger partial charge in [0.15, 0.2) is 0 Å². The SMILES string of the molecule is CC[C@H](NC(=O)CN(C)Cc1cccnc1)C1CC(O)C1. The molecule has 2 rings (SSSR count). The third-order valence-electron chi connectivity index (χ3n) is 4.09. The Morgan fingerprint density at radius 1 is 1.57 bits per heavy atom. The molecule has 1 aliphatic rings. The van der Waals surface area contributed by atoms with Gasteiger partial charge in [-0.05, 0) is 43.9 Å². The number of nitrogens with one attached hydrogen (secondary N) is 1. The number of rotatable bonds is 7. The zero-order valence-electron chi connectivity index (χ0n) is 12.8. The second-order valence-electron chi connectivity index (χ2n) is 6.00. The summed E-state index contributed by atoms with van der Waals surface area (Å²) in [4.78, 5) is 18.2. The lowest BCUT2D eigenvalue weighted by Crippen LogP contribution is -2.48. The number of hydrogen-bond acceptors (Lipinski definition) is 4. The molecule has 1 fully saturated rings. The highest BCUT2D eigenvalue weighted by Gasteiger charge is 2.33. The number of hydrogen-bond donors (Lipinski definition) is 2. The maximum Gasteiger partial charge on any atom is 0.234 e. The molecule has 2 N–H and O–H groups in total. The summed E-state index contributed by atoms with van der Waals surface area (Å²) >= 11 is 0. The molecular weight excluding hydrogens is 266 g/mol.